The summed E-state index contributed by atoms with van der Waals surface area (Å²) < 4.78 is 15.6. The molecule has 4 rings (SSSR count). The molecule has 0 bridgehead atoms. The van der Waals surface area contributed by atoms with Gasteiger partial charge in [0, 0.05) is 0 Å². The average Bonchev–Trinajstić information content (AvgIpc) is 3.14. The number of carbonyl (C=O) groups is 5. The van der Waals surface area contributed by atoms with Crippen LogP contribution in [-0.4, -0.2) is 57.0 Å². The molecule has 14 nitrogen and oxygen atoms in total. The van der Waals surface area contributed by atoms with Gasteiger partial charge in [-0.15, -0.1) is 0 Å². The minimum Gasteiger partial charge on any atom is -0.508 e. The number of nitrogens with one attached hydrogen (secondary N) is 3. The van der Waals surface area contributed by atoms with E-state index < -0.39 is 53.8 Å². The lowest BCUT2D eigenvalue weighted by molar-refractivity contribution is -0.158. The number of carboxylic acids is 1. The van der Waals surface area contributed by atoms with Crippen LogP contribution in [0.25, 0.3) is 0 Å². The number of phenolic OH excluding ortho intramolecular Hbond substituents is 2. The summed E-state index contributed by atoms with van der Waals surface area (Å²) in [7, 11) is 0. The smallest absolute Gasteiger partial charge is 0.408 e. The van der Waals surface area contributed by atoms with Crippen LogP contribution in [0.3, 0.4) is 0 Å². The van der Waals surface area contributed by atoms with Gasteiger partial charge in [-0.3, -0.25) is 4.79 Å². The molecule has 3 atom stereocenters. The van der Waals surface area contributed by atoms with Crippen molar-refractivity contribution in [1.82, 2.24) is 16.0 Å². The van der Waals surface area contributed by atoms with Crippen LogP contribution in [0.1, 0.15) is 68.5 Å². The van der Waals surface area contributed by atoms with Crippen molar-refractivity contribution in [2.45, 2.75) is 71.1 Å². The van der Waals surface area contributed by atoms with Crippen LogP contribution < -0.4 is 16.0 Å². The first-order chi connectivity index (χ1) is 25.6. The van der Waals surface area contributed by atoms with Gasteiger partial charge in [-0.2, -0.15) is 0 Å². The molecule has 0 radical (unpaired) electrons. The minimum atomic E-state index is -1.25. The molecule has 0 aliphatic carbocycles. The van der Waals surface area contributed by atoms with Crippen molar-refractivity contribution in [2.24, 2.45) is 0 Å². The Bertz CT molecular complexity index is 1810. The first kappa shape index (κ1) is 41.8. The van der Waals surface area contributed by atoms with Gasteiger partial charge in [0.2, 0.25) is 5.91 Å². The van der Waals surface area contributed by atoms with Crippen molar-refractivity contribution in [2.75, 3.05) is 0 Å². The second kappa shape index (κ2) is 20.5. The van der Waals surface area contributed by atoms with Crippen LogP contribution in [0.5, 0.6) is 11.5 Å². The average molecular weight is 744 g/mol. The summed E-state index contributed by atoms with van der Waals surface area (Å²) in [6, 6.07) is 26.3. The van der Waals surface area contributed by atoms with Crippen molar-refractivity contribution in [3.05, 3.63) is 131 Å². The van der Waals surface area contributed by atoms with E-state index in [1.54, 1.807) is 39.8 Å². The van der Waals surface area contributed by atoms with E-state index in [0.717, 1.165) is 11.1 Å². The molecule has 4 aromatic rings. The fourth-order valence-corrected chi connectivity index (χ4v) is 4.64. The third-order valence-electron chi connectivity index (χ3n) is 7.33. The summed E-state index contributed by atoms with van der Waals surface area (Å²) in [6.45, 7) is 7.04. The van der Waals surface area contributed by atoms with Crippen LogP contribution in [0.4, 0.5) is 9.59 Å². The lowest BCUT2D eigenvalue weighted by atomic mass is 10.1. The zero-order valence-electron chi connectivity index (χ0n) is 30.4. The van der Waals surface area contributed by atoms with Crippen molar-refractivity contribution in [3.8, 4) is 11.5 Å². The second-order valence-corrected chi connectivity index (χ2v) is 12.8. The molecular formula is C40H45N3O11. The van der Waals surface area contributed by atoms with Crippen LogP contribution in [0, 0.1) is 0 Å². The van der Waals surface area contributed by atoms with Gasteiger partial charge in [0.25, 0.3) is 0 Å². The molecular weight excluding hydrogens is 698 g/mol. The number of hydrogen-bond acceptors (Lipinski definition) is 10. The highest BCUT2D eigenvalue weighted by molar-refractivity contribution is 5.90. The Balaban J connectivity index is 0.000000311. The molecule has 54 heavy (non-hydrogen) atoms. The SMILES string of the molecule is CC[C@H](NC(=O)[C@H](NC(=O)OCc1ccccc1)c1ccc(O)cc1)C(=O)OC(C)(C)C.O=C(N[C@@H](C(=O)O)c1ccc(O)cc1)OCc1ccccc1. The molecule has 4 aromatic carbocycles. The summed E-state index contributed by atoms with van der Waals surface area (Å²) in [5.41, 5.74) is 1.64. The van der Waals surface area contributed by atoms with Gasteiger partial charge in [-0.05, 0) is 73.7 Å². The van der Waals surface area contributed by atoms with E-state index in [1.165, 1.54) is 48.5 Å². The molecule has 286 valence electrons. The fourth-order valence-electron chi connectivity index (χ4n) is 4.64. The van der Waals surface area contributed by atoms with Gasteiger partial charge in [0.1, 0.15) is 42.4 Å². The van der Waals surface area contributed by atoms with E-state index in [0.29, 0.717) is 17.5 Å². The van der Waals surface area contributed by atoms with Crippen LogP contribution in [0.15, 0.2) is 109 Å². The molecule has 3 amide bonds. The zero-order chi connectivity index (χ0) is 39.7. The first-order valence-electron chi connectivity index (χ1n) is 16.9. The molecule has 0 aliphatic rings. The third kappa shape index (κ3) is 14.6. The maximum atomic E-state index is 13.0. The number of esters is 1. The number of aromatic hydroxyl groups is 2. The molecule has 6 N–H and O–H groups in total. The Hall–Kier alpha value is -6.57. The maximum absolute atomic E-state index is 13.0. The van der Waals surface area contributed by atoms with Gasteiger partial charge in [-0.1, -0.05) is 91.9 Å². The second-order valence-electron chi connectivity index (χ2n) is 12.8. The molecule has 0 fully saturated rings. The Morgan fingerprint density at radius 1 is 0.611 bits per heavy atom. The van der Waals surface area contributed by atoms with E-state index >= 15 is 0 Å². The van der Waals surface area contributed by atoms with Crippen molar-refractivity contribution >= 4 is 30.0 Å². The van der Waals surface area contributed by atoms with Crippen LogP contribution in [-0.2, 0) is 41.8 Å². The van der Waals surface area contributed by atoms with Gasteiger partial charge in [0.05, 0.1) is 0 Å². The predicted octanol–water partition coefficient (Wildman–Crippen LogP) is 6.04. The molecule has 0 heterocycles. The number of phenols is 2. The van der Waals surface area contributed by atoms with E-state index in [4.69, 9.17) is 14.2 Å². The highest BCUT2D eigenvalue weighted by Crippen LogP contribution is 2.20. The minimum absolute atomic E-state index is 0.0135. The van der Waals surface area contributed by atoms with Gasteiger partial charge >= 0.3 is 24.1 Å². The Morgan fingerprint density at radius 2 is 1.02 bits per heavy atom. The summed E-state index contributed by atoms with van der Waals surface area (Å²) in [5.74, 6) is -2.36. The molecule has 0 spiro atoms. The zero-order valence-corrected chi connectivity index (χ0v) is 30.4. The van der Waals surface area contributed by atoms with Crippen LogP contribution in [0.2, 0.25) is 0 Å². The van der Waals surface area contributed by atoms with Crippen molar-refractivity contribution < 1.29 is 53.5 Å². The largest absolute Gasteiger partial charge is 0.508 e. The normalized spacial score (nSPS) is 12.3. The molecule has 0 saturated heterocycles. The Labute approximate surface area is 313 Å². The highest BCUT2D eigenvalue weighted by atomic mass is 16.6. The van der Waals surface area contributed by atoms with Crippen molar-refractivity contribution in [1.29, 1.82) is 0 Å². The quantitative estimate of drug-likeness (QED) is 0.0687. The molecule has 0 unspecified atom stereocenters. The number of ether oxygens (including phenoxy) is 3. The number of rotatable bonds is 13. The summed E-state index contributed by atoms with van der Waals surface area (Å²) in [5, 5.41) is 35.4. The number of alkyl carbamates (subject to hydrolysis) is 2. The number of carbonyl (C=O) groups excluding carboxylic acids is 4. The number of amides is 3. The molecule has 0 aliphatic heterocycles. The third-order valence-corrected chi connectivity index (χ3v) is 7.33. The first-order valence-corrected chi connectivity index (χ1v) is 16.9. The van der Waals surface area contributed by atoms with E-state index in [2.05, 4.69) is 16.0 Å². The standard InChI is InChI=1S/C24H30N2O6.C16H15NO5/c1-5-19(22(29)32-24(2,3)4)25-21(28)20(17-11-13-18(27)14-12-17)26-23(30)31-15-16-9-7-6-8-10-16;18-13-8-6-12(7-9-13)14(15(19)20)17-16(21)22-10-11-4-2-1-3-5-11/h6-14,19-20,27H,5,15H2,1-4H3,(H,25,28)(H,26,30);1-9,14,18H,10H2,(H,17,21)(H,19,20)/t19-,20+;14-/m01/s1. The van der Waals surface area contributed by atoms with Gasteiger partial charge < -0.3 is 45.5 Å². The lowest BCUT2D eigenvalue weighted by Gasteiger charge is -2.25. The topological polar surface area (TPSA) is 210 Å². The van der Waals surface area contributed by atoms with E-state index in [-0.39, 0.29) is 24.7 Å². The molecule has 0 saturated carbocycles. The van der Waals surface area contributed by atoms with Gasteiger partial charge in [0.15, 0.2) is 6.04 Å². The Kier molecular flexibility index (Phi) is 15.9. The van der Waals surface area contributed by atoms with Crippen LogP contribution >= 0.6 is 0 Å². The Morgan fingerprint density at radius 3 is 1.41 bits per heavy atom. The monoisotopic (exact) mass is 743 g/mol. The van der Waals surface area contributed by atoms with Gasteiger partial charge in [-0.25, -0.2) is 19.2 Å². The number of benzene rings is 4. The lowest BCUT2D eigenvalue weighted by Crippen LogP contribution is -2.48. The van der Waals surface area contributed by atoms with E-state index in [9.17, 15) is 39.3 Å². The number of hydrogen-bond donors (Lipinski definition) is 6. The summed E-state index contributed by atoms with van der Waals surface area (Å²) in [6.07, 6.45) is -1.32. The molecule has 14 heteroatoms. The molecule has 0 aromatic heterocycles. The maximum Gasteiger partial charge on any atom is 0.408 e. The van der Waals surface area contributed by atoms with E-state index in [1.807, 2.05) is 48.5 Å². The summed E-state index contributed by atoms with van der Waals surface area (Å²) in [4.78, 5) is 60.8. The fraction of sp³-hybridized carbons (Fsp3) is 0.275. The number of carboxylic acid groups (broad SMARTS) is 1. The number of aliphatic carboxylic acids is 1. The highest BCUT2D eigenvalue weighted by Gasteiger charge is 2.30. The summed E-state index contributed by atoms with van der Waals surface area (Å²) >= 11 is 0. The predicted molar refractivity (Wildman–Crippen MR) is 197 cm³/mol. The van der Waals surface area contributed by atoms with Crippen molar-refractivity contribution in [3.63, 3.8) is 0 Å².